The van der Waals surface area contributed by atoms with Crippen LogP contribution >= 0.6 is 0 Å². The van der Waals surface area contributed by atoms with Crippen LogP contribution in [0.25, 0.3) is 0 Å². The number of amides is 3. The van der Waals surface area contributed by atoms with Crippen LogP contribution in [0.5, 0.6) is 0 Å². The first-order valence-corrected chi connectivity index (χ1v) is 15.7. The zero-order valence-corrected chi connectivity index (χ0v) is 26.8. The molecule has 0 unspecified atom stereocenters. The van der Waals surface area contributed by atoms with Crippen molar-refractivity contribution in [3.63, 3.8) is 0 Å². The molecule has 3 aliphatic rings. The highest BCUT2D eigenvalue weighted by atomic mass is 16.6. The number of hydrogen-bond acceptors (Lipinski definition) is 8. The average molecular weight is 603 g/mol. The van der Waals surface area contributed by atoms with E-state index in [1.165, 1.54) is 6.42 Å². The smallest absolute Gasteiger partial charge is 0.417 e. The molecule has 0 spiro atoms. The maximum absolute atomic E-state index is 14.1. The fourth-order valence-electron chi connectivity index (χ4n) is 6.55. The van der Waals surface area contributed by atoms with Crippen molar-refractivity contribution < 1.29 is 38.4 Å². The van der Waals surface area contributed by atoms with Crippen molar-refractivity contribution in [3.8, 4) is 0 Å². The zero-order chi connectivity index (χ0) is 31.5. The van der Waals surface area contributed by atoms with Crippen molar-refractivity contribution in [2.45, 2.75) is 135 Å². The molecule has 1 aromatic rings. The van der Waals surface area contributed by atoms with Crippen LogP contribution in [0.3, 0.4) is 0 Å². The third-order valence-electron chi connectivity index (χ3n) is 8.68. The molecule has 0 aromatic heterocycles. The van der Waals surface area contributed by atoms with Gasteiger partial charge in [-0.05, 0) is 58.4 Å². The molecule has 5 atom stereocenters. The summed E-state index contributed by atoms with van der Waals surface area (Å²) in [5.74, 6) is -0.419. The van der Waals surface area contributed by atoms with E-state index in [0.29, 0.717) is 12.3 Å². The predicted molar refractivity (Wildman–Crippen MR) is 160 cm³/mol. The Hall–Kier alpha value is -2.69. The second-order valence-corrected chi connectivity index (χ2v) is 14.0. The number of ether oxygens (including phenoxy) is 4. The molecule has 2 saturated heterocycles. The molecular weight excluding hydrogens is 552 g/mol. The highest BCUT2D eigenvalue weighted by molar-refractivity contribution is 5.96. The molecule has 2 aliphatic heterocycles. The van der Waals surface area contributed by atoms with E-state index in [2.05, 4.69) is 0 Å². The molecular formula is C33H50N2O8. The molecule has 43 heavy (non-hydrogen) atoms. The molecule has 1 aromatic carbocycles. The van der Waals surface area contributed by atoms with Crippen molar-refractivity contribution >= 4 is 18.1 Å². The summed E-state index contributed by atoms with van der Waals surface area (Å²) in [6.07, 6.45) is 0.822. The number of carbonyl (C=O) groups is 3. The minimum absolute atomic E-state index is 0.0305. The van der Waals surface area contributed by atoms with E-state index in [1.807, 2.05) is 65.0 Å². The number of rotatable bonds is 9. The largest absolute Gasteiger partial charge is 0.447 e. The van der Waals surface area contributed by atoms with Gasteiger partial charge in [0.15, 0.2) is 6.10 Å². The van der Waals surface area contributed by atoms with Gasteiger partial charge >= 0.3 is 12.2 Å². The van der Waals surface area contributed by atoms with Gasteiger partial charge in [-0.25, -0.2) is 14.5 Å². The molecule has 3 fully saturated rings. The molecule has 4 rings (SSSR count). The Morgan fingerprint density at radius 2 is 1.74 bits per heavy atom. The van der Waals surface area contributed by atoms with E-state index < -0.39 is 59.8 Å². The first-order chi connectivity index (χ1) is 20.2. The van der Waals surface area contributed by atoms with Crippen LogP contribution in [0.2, 0.25) is 0 Å². The first kappa shape index (κ1) is 33.2. The lowest BCUT2D eigenvalue weighted by Gasteiger charge is -2.37. The maximum Gasteiger partial charge on any atom is 0.417 e. The Labute approximate surface area is 256 Å². The lowest BCUT2D eigenvalue weighted by molar-refractivity contribution is -0.167. The van der Waals surface area contributed by atoms with Gasteiger partial charge in [0, 0.05) is 0 Å². The molecule has 10 heteroatoms. The third kappa shape index (κ3) is 7.88. The lowest BCUT2D eigenvalue weighted by atomic mass is 9.82. The van der Waals surface area contributed by atoms with Gasteiger partial charge in [0.1, 0.15) is 30.1 Å². The second kappa shape index (κ2) is 13.5. The number of aliphatic hydroxyl groups is 1. The molecule has 240 valence electrons. The number of imide groups is 1. The van der Waals surface area contributed by atoms with Crippen LogP contribution in [0.15, 0.2) is 30.3 Å². The average Bonchev–Trinajstić information content (AvgIpc) is 3.45. The summed E-state index contributed by atoms with van der Waals surface area (Å²) in [5.41, 5.74) is -1.06. The zero-order valence-electron chi connectivity index (χ0n) is 26.8. The predicted octanol–water partition coefficient (Wildman–Crippen LogP) is 5.65. The second-order valence-electron chi connectivity index (χ2n) is 14.0. The van der Waals surface area contributed by atoms with Crippen LogP contribution < -0.4 is 0 Å². The third-order valence-corrected chi connectivity index (χ3v) is 8.68. The van der Waals surface area contributed by atoms with Gasteiger partial charge in [0.05, 0.1) is 18.7 Å². The van der Waals surface area contributed by atoms with E-state index in [0.717, 1.165) is 36.1 Å². The summed E-state index contributed by atoms with van der Waals surface area (Å²) in [6.45, 7) is 12.9. The monoisotopic (exact) mass is 602 g/mol. The van der Waals surface area contributed by atoms with E-state index in [1.54, 1.807) is 18.7 Å². The minimum atomic E-state index is -1.49. The molecule has 1 saturated carbocycles. The van der Waals surface area contributed by atoms with Gasteiger partial charge in [-0.15, -0.1) is 0 Å². The number of aliphatic hydroxyl groups excluding tert-OH is 1. The summed E-state index contributed by atoms with van der Waals surface area (Å²) in [7, 11) is 0. The Bertz CT molecular complexity index is 1110. The van der Waals surface area contributed by atoms with Gasteiger partial charge in [-0.2, -0.15) is 0 Å². The topological polar surface area (TPSA) is 115 Å². The number of cyclic esters (lactones) is 1. The maximum atomic E-state index is 14.1. The molecule has 10 nitrogen and oxygen atoms in total. The van der Waals surface area contributed by atoms with Gasteiger partial charge in [0.2, 0.25) is 0 Å². The van der Waals surface area contributed by atoms with E-state index in [9.17, 15) is 19.5 Å². The minimum Gasteiger partial charge on any atom is -0.447 e. The molecule has 1 aliphatic carbocycles. The van der Waals surface area contributed by atoms with Crippen LogP contribution in [0, 0.1) is 11.8 Å². The summed E-state index contributed by atoms with van der Waals surface area (Å²) >= 11 is 0. The standard InChI is InChI=1S/C33H50N2O8/c1-21(2)25-20-41-30(38)34(25)29(37)28(40-19-23-16-12-9-13-17-23)26(36)27-24(18-22-14-10-8-11-15-22)35(33(6,7)42-27)31(39)43-32(3,4)5/h9,12-13,16-17,21-22,24-28,36H,8,10-11,14-15,18-20H2,1-7H3/t24-,25+,26+,27+,28-/m0/s1. The lowest BCUT2D eigenvalue weighted by Crippen LogP contribution is -2.56. The quantitative estimate of drug-likeness (QED) is 0.386. The van der Waals surface area contributed by atoms with E-state index >= 15 is 0 Å². The van der Waals surface area contributed by atoms with Crippen molar-refractivity contribution in [2.24, 2.45) is 11.8 Å². The summed E-state index contributed by atoms with van der Waals surface area (Å²) < 4.78 is 23.7. The number of nitrogens with zero attached hydrogens (tertiary/aromatic N) is 2. The first-order valence-electron chi connectivity index (χ1n) is 15.7. The van der Waals surface area contributed by atoms with Crippen LogP contribution in [0.1, 0.15) is 92.6 Å². The Morgan fingerprint density at radius 3 is 2.35 bits per heavy atom. The fraction of sp³-hybridized carbons (Fsp3) is 0.727. The summed E-state index contributed by atoms with van der Waals surface area (Å²) in [5, 5.41) is 12.1. The van der Waals surface area contributed by atoms with Gasteiger partial charge < -0.3 is 24.1 Å². The fourth-order valence-corrected chi connectivity index (χ4v) is 6.55. The number of benzene rings is 1. The van der Waals surface area contributed by atoms with Gasteiger partial charge in [-0.1, -0.05) is 76.3 Å². The molecule has 0 radical (unpaired) electrons. The molecule has 3 amide bonds. The Balaban J connectivity index is 1.69. The molecule has 1 N–H and O–H groups in total. The van der Waals surface area contributed by atoms with E-state index in [-0.39, 0.29) is 19.1 Å². The van der Waals surface area contributed by atoms with Crippen molar-refractivity contribution in [1.29, 1.82) is 0 Å². The van der Waals surface area contributed by atoms with Gasteiger partial charge in [0.25, 0.3) is 5.91 Å². The number of hydrogen-bond donors (Lipinski definition) is 1. The highest BCUT2D eigenvalue weighted by Crippen LogP contribution is 2.41. The molecule has 0 bridgehead atoms. The Morgan fingerprint density at radius 1 is 1.09 bits per heavy atom. The van der Waals surface area contributed by atoms with Crippen molar-refractivity contribution in [2.75, 3.05) is 6.61 Å². The van der Waals surface area contributed by atoms with E-state index in [4.69, 9.17) is 18.9 Å². The van der Waals surface area contributed by atoms with Crippen LogP contribution in [0.4, 0.5) is 9.59 Å². The van der Waals surface area contributed by atoms with Crippen LogP contribution in [-0.2, 0) is 30.3 Å². The number of carbonyl (C=O) groups excluding carboxylic acids is 3. The summed E-state index contributed by atoms with van der Waals surface area (Å²) in [4.78, 5) is 43.2. The van der Waals surface area contributed by atoms with Gasteiger partial charge in [-0.3, -0.25) is 9.69 Å². The molecule has 2 heterocycles. The SMILES string of the molecule is CC(C)[C@H]1COC(=O)N1C(=O)[C@@H](OCc1ccccc1)[C@H](O)[C@@H]1OC(C)(C)N(C(=O)OC(C)(C)C)[C@H]1CC1CCCCC1. The van der Waals surface area contributed by atoms with Crippen molar-refractivity contribution in [1.82, 2.24) is 9.80 Å². The Kier molecular flexibility index (Phi) is 10.4. The normalized spacial score (nSPS) is 26.0. The summed E-state index contributed by atoms with van der Waals surface area (Å²) in [6, 6.07) is 8.25. The van der Waals surface area contributed by atoms with Crippen molar-refractivity contribution in [3.05, 3.63) is 35.9 Å². The highest BCUT2D eigenvalue weighted by Gasteiger charge is 2.57. The van der Waals surface area contributed by atoms with Crippen LogP contribution in [-0.4, -0.2) is 81.3 Å².